The molecule has 0 atom stereocenters. The largest absolute Gasteiger partial charge is 0.486 e. The number of anilines is 1. The summed E-state index contributed by atoms with van der Waals surface area (Å²) < 4.78 is 18.7. The summed E-state index contributed by atoms with van der Waals surface area (Å²) in [4.78, 5) is 0. The van der Waals surface area contributed by atoms with Gasteiger partial charge < -0.3 is 10.5 Å². The molecular formula is C14H14FNO. The maximum absolute atomic E-state index is 13.3. The van der Waals surface area contributed by atoms with Gasteiger partial charge in [0.1, 0.15) is 6.61 Å². The fourth-order valence-corrected chi connectivity index (χ4v) is 1.50. The van der Waals surface area contributed by atoms with Crippen LogP contribution in [0, 0.1) is 12.7 Å². The van der Waals surface area contributed by atoms with Crippen LogP contribution >= 0.6 is 0 Å². The number of nitrogen functional groups attached to an aromatic ring is 1. The first kappa shape index (κ1) is 11.5. The highest BCUT2D eigenvalue weighted by molar-refractivity contribution is 5.48. The van der Waals surface area contributed by atoms with Gasteiger partial charge in [0.05, 0.1) is 0 Å². The van der Waals surface area contributed by atoms with Crippen molar-refractivity contribution in [3.63, 3.8) is 0 Å². The molecule has 0 heterocycles. The van der Waals surface area contributed by atoms with E-state index in [-0.39, 0.29) is 11.6 Å². The van der Waals surface area contributed by atoms with Crippen molar-refractivity contribution in [2.45, 2.75) is 13.5 Å². The van der Waals surface area contributed by atoms with Crippen LogP contribution in [0.2, 0.25) is 0 Å². The molecule has 0 aliphatic carbocycles. The Kier molecular flexibility index (Phi) is 3.28. The number of nitrogens with two attached hydrogens (primary N) is 1. The van der Waals surface area contributed by atoms with Crippen LogP contribution in [0.4, 0.5) is 10.1 Å². The standard InChI is InChI=1S/C14H14FNO/c1-10-6-7-11(8-13(10)16)9-17-14-5-3-2-4-12(14)15/h2-8H,9,16H2,1H3. The van der Waals surface area contributed by atoms with Crippen molar-refractivity contribution in [1.29, 1.82) is 0 Å². The maximum Gasteiger partial charge on any atom is 0.165 e. The molecule has 2 N–H and O–H groups in total. The van der Waals surface area contributed by atoms with E-state index in [1.54, 1.807) is 18.2 Å². The summed E-state index contributed by atoms with van der Waals surface area (Å²) in [5, 5.41) is 0. The molecular weight excluding hydrogens is 217 g/mol. The van der Waals surface area contributed by atoms with Crippen LogP contribution in [0.5, 0.6) is 5.75 Å². The second-order valence-corrected chi connectivity index (χ2v) is 3.91. The van der Waals surface area contributed by atoms with Crippen molar-refractivity contribution in [2.24, 2.45) is 0 Å². The van der Waals surface area contributed by atoms with Crippen LogP contribution < -0.4 is 10.5 Å². The van der Waals surface area contributed by atoms with Crippen molar-refractivity contribution in [3.8, 4) is 5.75 Å². The first-order valence-corrected chi connectivity index (χ1v) is 5.39. The van der Waals surface area contributed by atoms with E-state index in [9.17, 15) is 4.39 Å². The lowest BCUT2D eigenvalue weighted by Gasteiger charge is -2.08. The lowest BCUT2D eigenvalue weighted by molar-refractivity contribution is 0.290. The number of halogens is 1. The molecule has 0 amide bonds. The Labute approximate surface area is 99.8 Å². The molecule has 88 valence electrons. The lowest BCUT2D eigenvalue weighted by Crippen LogP contribution is -1.99. The predicted molar refractivity (Wildman–Crippen MR) is 66.3 cm³/mol. The van der Waals surface area contributed by atoms with E-state index in [4.69, 9.17) is 10.5 Å². The number of rotatable bonds is 3. The molecule has 0 unspecified atom stereocenters. The predicted octanol–water partition coefficient (Wildman–Crippen LogP) is 3.30. The molecule has 0 bridgehead atoms. The molecule has 2 aromatic carbocycles. The minimum absolute atomic E-state index is 0.256. The molecule has 0 aromatic heterocycles. The molecule has 0 aliphatic rings. The second-order valence-electron chi connectivity index (χ2n) is 3.91. The summed E-state index contributed by atoms with van der Waals surface area (Å²) in [6.45, 7) is 2.25. The van der Waals surface area contributed by atoms with Crippen LogP contribution in [-0.2, 0) is 6.61 Å². The number of benzene rings is 2. The molecule has 17 heavy (non-hydrogen) atoms. The Morgan fingerprint density at radius 3 is 2.65 bits per heavy atom. The fourth-order valence-electron chi connectivity index (χ4n) is 1.50. The van der Waals surface area contributed by atoms with Gasteiger partial charge in [-0.2, -0.15) is 0 Å². The third kappa shape index (κ3) is 2.75. The van der Waals surface area contributed by atoms with Crippen molar-refractivity contribution in [1.82, 2.24) is 0 Å². The highest BCUT2D eigenvalue weighted by Crippen LogP contribution is 2.18. The van der Waals surface area contributed by atoms with E-state index in [1.165, 1.54) is 6.07 Å². The third-order valence-corrected chi connectivity index (χ3v) is 2.57. The highest BCUT2D eigenvalue weighted by atomic mass is 19.1. The fraction of sp³-hybridized carbons (Fsp3) is 0.143. The topological polar surface area (TPSA) is 35.2 Å². The van der Waals surface area contributed by atoms with Crippen molar-refractivity contribution in [2.75, 3.05) is 5.73 Å². The second kappa shape index (κ2) is 4.87. The first-order chi connectivity index (χ1) is 8.16. The highest BCUT2D eigenvalue weighted by Gasteiger charge is 2.02. The average molecular weight is 231 g/mol. The molecule has 0 saturated carbocycles. The van der Waals surface area contributed by atoms with Crippen molar-refractivity contribution >= 4 is 5.69 Å². The van der Waals surface area contributed by atoms with Gasteiger partial charge in [0.15, 0.2) is 11.6 Å². The zero-order valence-corrected chi connectivity index (χ0v) is 9.61. The summed E-state index contributed by atoms with van der Waals surface area (Å²) in [6, 6.07) is 12.0. The SMILES string of the molecule is Cc1ccc(COc2ccccc2F)cc1N. The van der Waals surface area contributed by atoms with Gasteiger partial charge in [0, 0.05) is 5.69 Å². The van der Waals surface area contributed by atoms with E-state index >= 15 is 0 Å². The number of hydrogen-bond acceptors (Lipinski definition) is 2. The van der Waals surface area contributed by atoms with Gasteiger partial charge in [0.25, 0.3) is 0 Å². The van der Waals surface area contributed by atoms with E-state index in [0.717, 1.165) is 16.8 Å². The molecule has 3 heteroatoms. The van der Waals surface area contributed by atoms with E-state index in [2.05, 4.69) is 0 Å². The van der Waals surface area contributed by atoms with Crippen LogP contribution in [0.15, 0.2) is 42.5 Å². The van der Waals surface area contributed by atoms with Crippen molar-refractivity contribution in [3.05, 3.63) is 59.4 Å². The van der Waals surface area contributed by atoms with Crippen LogP contribution in [-0.4, -0.2) is 0 Å². The first-order valence-electron chi connectivity index (χ1n) is 5.39. The van der Waals surface area contributed by atoms with E-state index in [1.807, 2.05) is 25.1 Å². The smallest absolute Gasteiger partial charge is 0.165 e. The quantitative estimate of drug-likeness (QED) is 0.822. The van der Waals surface area contributed by atoms with Crippen LogP contribution in [0.1, 0.15) is 11.1 Å². The molecule has 0 saturated heterocycles. The van der Waals surface area contributed by atoms with Gasteiger partial charge in [-0.3, -0.25) is 0 Å². The number of hydrogen-bond donors (Lipinski definition) is 1. The molecule has 2 nitrogen and oxygen atoms in total. The van der Waals surface area contributed by atoms with Gasteiger partial charge in [-0.05, 0) is 36.2 Å². The zero-order chi connectivity index (χ0) is 12.3. The minimum atomic E-state index is -0.354. The molecule has 2 rings (SSSR count). The molecule has 0 fully saturated rings. The van der Waals surface area contributed by atoms with Gasteiger partial charge in [0.2, 0.25) is 0 Å². The minimum Gasteiger partial charge on any atom is -0.486 e. The summed E-state index contributed by atoms with van der Waals surface area (Å²) in [5.74, 6) is -0.0979. The Balaban J connectivity index is 2.08. The van der Waals surface area contributed by atoms with E-state index < -0.39 is 0 Å². The van der Waals surface area contributed by atoms with Crippen LogP contribution in [0.3, 0.4) is 0 Å². The Bertz CT molecular complexity index is 525. The Morgan fingerprint density at radius 1 is 1.18 bits per heavy atom. The number of ether oxygens (including phenoxy) is 1. The zero-order valence-electron chi connectivity index (χ0n) is 9.61. The van der Waals surface area contributed by atoms with Crippen LogP contribution in [0.25, 0.3) is 0 Å². The van der Waals surface area contributed by atoms with Gasteiger partial charge in [-0.25, -0.2) is 4.39 Å². The summed E-state index contributed by atoms with van der Waals surface area (Å²) >= 11 is 0. The maximum atomic E-state index is 13.3. The molecule has 2 aromatic rings. The summed E-state index contributed by atoms with van der Waals surface area (Å²) in [5.41, 5.74) is 8.47. The lowest BCUT2D eigenvalue weighted by atomic mass is 10.1. The Hall–Kier alpha value is -2.03. The van der Waals surface area contributed by atoms with Crippen molar-refractivity contribution < 1.29 is 9.13 Å². The van der Waals surface area contributed by atoms with Gasteiger partial charge in [-0.15, -0.1) is 0 Å². The van der Waals surface area contributed by atoms with E-state index in [0.29, 0.717) is 6.61 Å². The molecule has 0 aliphatic heterocycles. The average Bonchev–Trinajstić information content (AvgIpc) is 2.32. The third-order valence-electron chi connectivity index (χ3n) is 2.57. The van der Waals surface area contributed by atoms with Gasteiger partial charge in [-0.1, -0.05) is 24.3 Å². The molecule has 0 radical (unpaired) electrons. The Morgan fingerprint density at radius 2 is 1.94 bits per heavy atom. The molecule has 0 spiro atoms. The number of aryl methyl sites for hydroxylation is 1. The summed E-state index contributed by atoms with van der Waals surface area (Å²) in [7, 11) is 0. The monoisotopic (exact) mass is 231 g/mol. The van der Waals surface area contributed by atoms with Gasteiger partial charge >= 0.3 is 0 Å². The summed E-state index contributed by atoms with van der Waals surface area (Å²) in [6.07, 6.45) is 0. The number of para-hydroxylation sites is 1. The normalized spacial score (nSPS) is 10.2.